The van der Waals surface area contributed by atoms with E-state index >= 15 is 0 Å². The molecule has 2 aliphatic carbocycles. The largest absolute Gasteiger partial charge is 0.273 e. The van der Waals surface area contributed by atoms with E-state index < -0.39 is 0 Å². The maximum absolute atomic E-state index is 3.52. The van der Waals surface area contributed by atoms with E-state index in [0.29, 0.717) is 0 Å². The van der Waals surface area contributed by atoms with Crippen molar-refractivity contribution in [2.45, 2.75) is 19.8 Å². The fourth-order valence-corrected chi connectivity index (χ4v) is 4.37. The van der Waals surface area contributed by atoms with Crippen LogP contribution in [-0.2, 0) is 26.4 Å². The first-order chi connectivity index (χ1) is 19.3. The molecule has 0 spiro atoms. The quantitative estimate of drug-likeness (QED) is 0.136. The van der Waals surface area contributed by atoms with Crippen molar-refractivity contribution < 1.29 is 20.0 Å². The van der Waals surface area contributed by atoms with E-state index in [1.807, 2.05) is 73.7 Å². The van der Waals surface area contributed by atoms with E-state index in [-0.39, 0.29) is 24.8 Å². The van der Waals surface area contributed by atoms with E-state index in [1.54, 1.807) is 0 Å². The van der Waals surface area contributed by atoms with E-state index in [0.717, 1.165) is 12.8 Å². The average Bonchev–Trinajstić information content (AvgIpc) is 3.71. The van der Waals surface area contributed by atoms with Crippen LogP contribution in [0.4, 0.5) is 0 Å². The zero-order valence-corrected chi connectivity index (χ0v) is 26.3. The van der Waals surface area contributed by atoms with Crippen LogP contribution >= 0.6 is 24.8 Å². The Kier molecular flexibility index (Phi) is 15.7. The zero-order chi connectivity index (χ0) is 27.1. The molecule has 0 saturated carbocycles. The summed E-state index contributed by atoms with van der Waals surface area (Å²) in [5, 5.41) is 0. The molecule has 0 N–H and O–H groups in total. The van der Waals surface area contributed by atoms with Crippen LogP contribution in [0.25, 0.3) is 33.4 Å². The summed E-state index contributed by atoms with van der Waals surface area (Å²) in [6.07, 6.45) is 11.0. The monoisotopic (exact) mass is 607 g/mol. The topological polar surface area (TPSA) is 0 Å². The molecule has 2 aliphatic rings. The maximum atomic E-state index is 3.52. The Morgan fingerprint density at radius 1 is 0.683 bits per heavy atom. The number of allylic oxidation sites excluding steroid dienone is 4. The molecule has 0 nitrogen and oxygen atoms in total. The van der Waals surface area contributed by atoms with Gasteiger partial charge in [0.05, 0.1) is 0 Å². The predicted molar refractivity (Wildman–Crippen MR) is 177 cm³/mol. The van der Waals surface area contributed by atoms with Crippen molar-refractivity contribution in [3.05, 3.63) is 169 Å². The van der Waals surface area contributed by atoms with Crippen molar-refractivity contribution in [3.63, 3.8) is 0 Å². The van der Waals surface area contributed by atoms with Crippen LogP contribution < -0.4 is 0 Å². The van der Waals surface area contributed by atoms with Gasteiger partial charge in [-0.05, 0) is 17.5 Å². The molecule has 5 aromatic rings. The number of halogens is 2. The minimum absolute atomic E-state index is 0. The zero-order valence-electron chi connectivity index (χ0n) is 23.1. The van der Waals surface area contributed by atoms with Crippen LogP contribution in [0.15, 0.2) is 140 Å². The Morgan fingerprint density at radius 3 is 1.76 bits per heavy atom. The summed E-state index contributed by atoms with van der Waals surface area (Å²) in [7, 11) is 0. The maximum Gasteiger partial charge on any atom is -0.0184 e. The van der Waals surface area contributed by atoms with Gasteiger partial charge in [0.25, 0.3) is 0 Å². The van der Waals surface area contributed by atoms with Crippen LogP contribution in [0, 0.1) is 18.2 Å². The van der Waals surface area contributed by atoms with Gasteiger partial charge in [-0.1, -0.05) is 95.6 Å². The summed E-state index contributed by atoms with van der Waals surface area (Å²) in [6, 6.07) is 48.4. The van der Waals surface area contributed by atoms with Gasteiger partial charge in [-0.25, -0.2) is 12.2 Å². The van der Waals surface area contributed by atoms with Crippen molar-refractivity contribution in [2.24, 2.45) is 0 Å². The van der Waals surface area contributed by atoms with Crippen molar-refractivity contribution in [3.8, 4) is 33.4 Å². The third-order valence-electron chi connectivity index (χ3n) is 6.20. The van der Waals surface area contributed by atoms with Crippen molar-refractivity contribution in [2.75, 3.05) is 0 Å². The predicted octanol–water partition coefficient (Wildman–Crippen LogP) is 10.4. The van der Waals surface area contributed by atoms with Crippen LogP contribution in [0.3, 0.4) is 0 Å². The Hall–Kier alpha value is -3.26. The Bertz CT molecular complexity index is 1390. The molecular weight excluding hydrogens is 575 g/mol. The van der Waals surface area contributed by atoms with Crippen molar-refractivity contribution >= 4 is 29.1 Å². The molecule has 7 rings (SSSR count). The average molecular weight is 608 g/mol. The first-order valence-electron chi connectivity index (χ1n) is 13.2. The van der Waals surface area contributed by atoms with Crippen LogP contribution in [0.1, 0.15) is 24.5 Å². The van der Waals surface area contributed by atoms with Gasteiger partial charge in [-0.3, -0.25) is 6.08 Å². The van der Waals surface area contributed by atoms with E-state index in [9.17, 15) is 0 Å². The molecule has 0 bridgehead atoms. The number of fused-ring (bicyclic) bond motifs is 3. The summed E-state index contributed by atoms with van der Waals surface area (Å²) in [6.45, 7) is 2.00. The normalized spacial score (nSPS) is 10.8. The second-order valence-corrected chi connectivity index (χ2v) is 9.83. The van der Waals surface area contributed by atoms with Gasteiger partial charge >= 0.3 is 31.2 Å². The van der Waals surface area contributed by atoms with Gasteiger partial charge in [0, 0.05) is 0 Å². The van der Waals surface area contributed by atoms with E-state index in [4.69, 9.17) is 0 Å². The molecule has 5 aromatic carbocycles. The second kappa shape index (κ2) is 19.0. The molecule has 0 saturated heterocycles. The Balaban J connectivity index is 0.000000305. The van der Waals surface area contributed by atoms with Gasteiger partial charge in [-0.2, -0.15) is 66.2 Å². The van der Waals surface area contributed by atoms with Crippen molar-refractivity contribution in [1.29, 1.82) is 0 Å². The standard InChI is InChI=1S/C25H17.C6H5.C5H5.C2H4.2ClH.Ti/c1-3-7-18(8-4-1)20-11-13-22-15-23-14-12-21(17-25(23)24(22)16-20)19-9-5-2-6-10-19;1-2-4-6-5-3-1;1-2-4-5-3-1;1-2;;;/h1-13,16-17H,15H2;1-5H;1-3H,4H2;1H,2H3;2*1H;/q3*-1;;;;. The molecule has 0 fully saturated rings. The molecule has 0 aromatic heterocycles. The number of hydrogen-bond acceptors (Lipinski definition) is 0. The summed E-state index contributed by atoms with van der Waals surface area (Å²) < 4.78 is 2.00. The van der Waals surface area contributed by atoms with E-state index in [2.05, 4.69) is 115 Å². The summed E-state index contributed by atoms with van der Waals surface area (Å²) in [5.41, 5.74) is 10.4. The second-order valence-electron chi connectivity index (χ2n) is 8.93. The molecule has 0 amide bonds. The fourth-order valence-electron chi connectivity index (χ4n) is 4.37. The molecule has 0 heterocycles. The third kappa shape index (κ3) is 10.3. The Labute approximate surface area is 269 Å². The molecule has 0 aliphatic heterocycles. The number of rotatable bonds is 2. The van der Waals surface area contributed by atoms with Gasteiger partial charge in [0.1, 0.15) is 0 Å². The van der Waals surface area contributed by atoms with Gasteiger partial charge in [-0.15, -0.1) is 42.4 Å². The molecule has 0 radical (unpaired) electrons. The van der Waals surface area contributed by atoms with Gasteiger partial charge < -0.3 is 0 Å². The number of hydrogen-bond donors (Lipinski definition) is 0. The van der Waals surface area contributed by atoms with E-state index in [1.165, 1.54) is 44.5 Å². The molecular formula is C38H33Cl2Ti-3. The van der Waals surface area contributed by atoms with Gasteiger partial charge in [0.2, 0.25) is 0 Å². The molecule has 41 heavy (non-hydrogen) atoms. The number of benzene rings is 5. The molecule has 0 atom stereocenters. The van der Waals surface area contributed by atoms with Crippen molar-refractivity contribution in [1.82, 2.24) is 0 Å². The minimum Gasteiger partial charge on any atom is -0.273 e. The summed E-state index contributed by atoms with van der Waals surface area (Å²) in [4.78, 5) is 0. The van der Waals surface area contributed by atoms with Gasteiger partial charge in [0.15, 0.2) is 0 Å². The molecule has 3 heteroatoms. The molecule has 0 unspecified atom stereocenters. The Morgan fingerprint density at radius 2 is 1.27 bits per heavy atom. The summed E-state index contributed by atoms with van der Waals surface area (Å²) >= 11 is 2.00. The fraction of sp³-hybridized carbons (Fsp3) is 0.0789. The van der Waals surface area contributed by atoms with Crippen LogP contribution in [-0.4, -0.2) is 4.31 Å². The third-order valence-corrected chi connectivity index (χ3v) is 6.20. The minimum atomic E-state index is 0. The smallest absolute Gasteiger partial charge is 0.0184 e. The first kappa shape index (κ1) is 33.9. The van der Waals surface area contributed by atoms with Crippen LogP contribution in [0.2, 0.25) is 0 Å². The SMILES string of the molecule is C[CH]=[Ti].Cl.Cl.[C-]1=CC=CC1.[c-]1cc(-c2ccccc2)cc2c1Cc1ccc(-c3ccccc3)cc1-2.[c-]1ccccc1. The molecule has 206 valence electrons. The summed E-state index contributed by atoms with van der Waals surface area (Å²) in [5.74, 6) is 0. The first-order valence-corrected chi connectivity index (χ1v) is 14.1. The van der Waals surface area contributed by atoms with Crippen LogP contribution in [0.5, 0.6) is 0 Å².